The number of thiocarbonyl (C=S) groups is 1. The van der Waals surface area contributed by atoms with Gasteiger partial charge in [0.25, 0.3) is 5.91 Å². The van der Waals surface area contributed by atoms with Crippen molar-refractivity contribution in [3.63, 3.8) is 0 Å². The lowest BCUT2D eigenvalue weighted by Crippen LogP contribution is -2.50. The van der Waals surface area contributed by atoms with Gasteiger partial charge in [0.05, 0.1) is 0 Å². The minimum atomic E-state index is -0.469. The van der Waals surface area contributed by atoms with E-state index in [2.05, 4.69) is 33.1 Å². The van der Waals surface area contributed by atoms with E-state index in [1.165, 1.54) is 5.56 Å². The Morgan fingerprint density at radius 2 is 1.78 bits per heavy atom. The van der Waals surface area contributed by atoms with Crippen LogP contribution in [0.2, 0.25) is 5.02 Å². The molecule has 2 aliphatic rings. The van der Waals surface area contributed by atoms with Gasteiger partial charge < -0.3 is 15.5 Å². The maximum absolute atomic E-state index is 12.5. The highest BCUT2D eigenvalue weighted by Crippen LogP contribution is 2.31. The van der Waals surface area contributed by atoms with Crippen LogP contribution in [0.1, 0.15) is 24.0 Å². The van der Waals surface area contributed by atoms with Gasteiger partial charge in [0.2, 0.25) is 0 Å². The van der Waals surface area contributed by atoms with E-state index in [0.29, 0.717) is 17.3 Å². The molecular formula is C24H27ClN4O2S. The zero-order chi connectivity index (χ0) is 22.4. The number of benzene rings is 2. The second kappa shape index (κ2) is 10.3. The Morgan fingerprint density at radius 3 is 2.50 bits per heavy atom. The van der Waals surface area contributed by atoms with Gasteiger partial charge in [-0.25, -0.2) is 0 Å². The van der Waals surface area contributed by atoms with Gasteiger partial charge in [-0.2, -0.15) is 0 Å². The molecule has 8 heteroatoms. The van der Waals surface area contributed by atoms with Crippen molar-refractivity contribution < 1.29 is 9.63 Å². The highest BCUT2D eigenvalue weighted by molar-refractivity contribution is 7.80. The number of amides is 1. The lowest BCUT2D eigenvalue weighted by Gasteiger charge is -2.37. The third-order valence-electron chi connectivity index (χ3n) is 5.81. The smallest absolute Gasteiger partial charge is 0.269 e. The molecule has 6 nitrogen and oxygen atoms in total. The van der Waals surface area contributed by atoms with E-state index in [-0.39, 0.29) is 5.91 Å². The third kappa shape index (κ3) is 5.79. The molecule has 0 radical (unpaired) electrons. The molecule has 1 saturated heterocycles. The van der Waals surface area contributed by atoms with Crippen LogP contribution >= 0.6 is 23.8 Å². The largest absolute Gasteiger partial charge is 0.362 e. The van der Waals surface area contributed by atoms with Crippen LogP contribution in [-0.2, 0) is 22.6 Å². The summed E-state index contributed by atoms with van der Waals surface area (Å²) in [5, 5.41) is 7.71. The fourth-order valence-electron chi connectivity index (χ4n) is 3.88. The Balaban J connectivity index is 1.22. The van der Waals surface area contributed by atoms with Crippen LogP contribution < -0.4 is 16.1 Å². The topological polar surface area (TPSA) is 65.6 Å². The SMILES string of the molecule is O=C(NCc1ccc(Cl)cc1)C1=CC2(CCN(C(=S)NCCc3ccccc3)CC2)ON1. The fraction of sp³-hybridized carbons (Fsp3) is 0.333. The summed E-state index contributed by atoms with van der Waals surface area (Å²) in [6.07, 6.45) is 4.36. The lowest BCUT2D eigenvalue weighted by molar-refractivity contribution is -0.120. The van der Waals surface area contributed by atoms with Gasteiger partial charge in [-0.3, -0.25) is 15.1 Å². The summed E-state index contributed by atoms with van der Waals surface area (Å²) in [4.78, 5) is 20.5. The number of nitrogens with zero attached hydrogens (tertiary/aromatic N) is 1. The molecule has 2 heterocycles. The third-order valence-corrected chi connectivity index (χ3v) is 6.47. The van der Waals surface area contributed by atoms with E-state index >= 15 is 0 Å². The summed E-state index contributed by atoms with van der Waals surface area (Å²) in [5.41, 5.74) is 5.08. The number of hydroxylamine groups is 1. The van der Waals surface area contributed by atoms with Crippen LogP contribution in [0, 0.1) is 0 Å². The van der Waals surface area contributed by atoms with Crippen LogP contribution in [-0.4, -0.2) is 41.2 Å². The summed E-state index contributed by atoms with van der Waals surface area (Å²) in [5.74, 6) is -0.183. The molecule has 3 N–H and O–H groups in total. The molecule has 0 unspecified atom stereocenters. The van der Waals surface area contributed by atoms with E-state index in [4.69, 9.17) is 28.7 Å². The summed E-state index contributed by atoms with van der Waals surface area (Å²) in [7, 11) is 0. The highest BCUT2D eigenvalue weighted by Gasteiger charge is 2.40. The second-order valence-corrected chi connectivity index (χ2v) is 8.91. The number of carbonyl (C=O) groups excluding carboxylic acids is 1. The molecule has 2 aromatic carbocycles. The fourth-order valence-corrected chi connectivity index (χ4v) is 4.29. The van der Waals surface area contributed by atoms with Gasteiger partial charge >= 0.3 is 0 Å². The number of hydrogen-bond acceptors (Lipinski definition) is 4. The van der Waals surface area contributed by atoms with E-state index in [1.54, 1.807) is 0 Å². The van der Waals surface area contributed by atoms with Crippen LogP contribution in [0.5, 0.6) is 0 Å². The zero-order valence-electron chi connectivity index (χ0n) is 17.8. The molecule has 0 aromatic heterocycles. The Labute approximate surface area is 198 Å². The number of halogens is 1. The molecule has 1 amide bonds. The molecule has 0 bridgehead atoms. The van der Waals surface area contributed by atoms with E-state index in [0.717, 1.165) is 49.6 Å². The average Bonchev–Trinajstić information content (AvgIpc) is 3.23. The predicted octanol–water partition coefficient (Wildman–Crippen LogP) is 3.33. The number of nitrogens with one attached hydrogen (secondary N) is 3. The quantitative estimate of drug-likeness (QED) is 0.563. The number of hydrogen-bond donors (Lipinski definition) is 3. The molecule has 0 atom stereocenters. The second-order valence-electron chi connectivity index (χ2n) is 8.09. The van der Waals surface area contributed by atoms with E-state index < -0.39 is 5.60 Å². The highest BCUT2D eigenvalue weighted by atomic mass is 35.5. The summed E-state index contributed by atoms with van der Waals surface area (Å²) >= 11 is 11.5. The molecule has 1 fully saturated rings. The van der Waals surface area contributed by atoms with E-state index in [9.17, 15) is 4.79 Å². The van der Waals surface area contributed by atoms with Gasteiger partial charge in [0.15, 0.2) is 5.11 Å². The molecule has 0 saturated carbocycles. The van der Waals surface area contributed by atoms with Gasteiger partial charge in [-0.15, -0.1) is 0 Å². The van der Waals surface area contributed by atoms with Crippen LogP contribution in [0.25, 0.3) is 0 Å². The predicted molar refractivity (Wildman–Crippen MR) is 130 cm³/mol. The normalized spacial score (nSPS) is 16.9. The summed E-state index contributed by atoms with van der Waals surface area (Å²) in [6, 6.07) is 17.8. The number of piperidine rings is 1. The average molecular weight is 471 g/mol. The Kier molecular flexibility index (Phi) is 7.29. The monoisotopic (exact) mass is 470 g/mol. The first-order valence-electron chi connectivity index (χ1n) is 10.8. The standard InChI is InChI=1S/C24H27ClN4O2S/c25-20-8-6-19(7-9-20)17-27-22(30)21-16-24(31-28-21)11-14-29(15-12-24)23(32)26-13-10-18-4-2-1-3-5-18/h1-9,16,28H,10-15,17H2,(H,26,32)(H,27,30). The van der Waals surface area contributed by atoms with Gasteiger partial charge in [0, 0.05) is 44.0 Å². The summed E-state index contributed by atoms with van der Waals surface area (Å²) < 4.78 is 0. The van der Waals surface area contributed by atoms with Crippen molar-refractivity contribution in [2.24, 2.45) is 0 Å². The number of carbonyl (C=O) groups is 1. The number of rotatable bonds is 6. The van der Waals surface area contributed by atoms with Gasteiger partial charge in [-0.05, 0) is 48.0 Å². The Bertz CT molecular complexity index is 973. The van der Waals surface area contributed by atoms with Gasteiger partial charge in [-0.1, -0.05) is 54.1 Å². The molecular weight excluding hydrogens is 444 g/mol. The van der Waals surface area contributed by atoms with Crippen LogP contribution in [0.3, 0.4) is 0 Å². The first-order chi connectivity index (χ1) is 15.5. The Hall–Kier alpha value is -2.61. The Morgan fingerprint density at radius 1 is 1.06 bits per heavy atom. The van der Waals surface area contributed by atoms with Crippen molar-refractivity contribution in [3.05, 3.63) is 82.5 Å². The molecule has 2 aromatic rings. The maximum atomic E-state index is 12.5. The molecule has 2 aliphatic heterocycles. The molecule has 0 aliphatic carbocycles. The van der Waals surface area contributed by atoms with Crippen molar-refractivity contribution in [1.29, 1.82) is 0 Å². The lowest BCUT2D eigenvalue weighted by atomic mass is 9.91. The maximum Gasteiger partial charge on any atom is 0.269 e. The van der Waals surface area contributed by atoms with Gasteiger partial charge in [0.1, 0.15) is 11.3 Å². The van der Waals surface area contributed by atoms with Crippen molar-refractivity contribution in [1.82, 2.24) is 21.0 Å². The minimum absolute atomic E-state index is 0.183. The molecule has 32 heavy (non-hydrogen) atoms. The van der Waals surface area contributed by atoms with Crippen LogP contribution in [0.4, 0.5) is 0 Å². The first kappa shape index (κ1) is 22.6. The van der Waals surface area contributed by atoms with Crippen molar-refractivity contribution in [2.75, 3.05) is 19.6 Å². The molecule has 1 spiro atoms. The molecule has 4 rings (SSSR count). The van der Waals surface area contributed by atoms with Crippen LogP contribution in [0.15, 0.2) is 66.4 Å². The van der Waals surface area contributed by atoms with Crippen molar-refractivity contribution in [3.8, 4) is 0 Å². The zero-order valence-corrected chi connectivity index (χ0v) is 19.3. The van der Waals surface area contributed by atoms with E-state index in [1.807, 2.05) is 48.5 Å². The number of likely N-dealkylation sites (tertiary alicyclic amines) is 1. The minimum Gasteiger partial charge on any atom is -0.362 e. The summed E-state index contributed by atoms with van der Waals surface area (Å²) in [6.45, 7) is 2.78. The first-order valence-corrected chi connectivity index (χ1v) is 11.6. The van der Waals surface area contributed by atoms with Crippen molar-refractivity contribution >= 4 is 34.8 Å². The van der Waals surface area contributed by atoms with Crippen molar-refractivity contribution in [2.45, 2.75) is 31.4 Å². The molecule has 168 valence electrons.